The minimum absolute atomic E-state index is 0.172. The average Bonchev–Trinajstić information content (AvgIpc) is 3.04. The van der Waals surface area contributed by atoms with Gasteiger partial charge in [-0.2, -0.15) is 0 Å². The maximum atomic E-state index is 6.27. The Balaban J connectivity index is 1.99. The van der Waals surface area contributed by atoms with Crippen molar-refractivity contribution in [3.05, 3.63) is 42.4 Å². The SMILES string of the molecule is CCn1c(C(N)Cc2cnc[nH]2)nc2cccnc21. The Labute approximate surface area is 110 Å². The highest BCUT2D eigenvalue weighted by Gasteiger charge is 2.17. The Bertz CT molecular complexity index is 670. The molecule has 0 aliphatic heterocycles. The second-order valence-corrected chi connectivity index (χ2v) is 4.45. The molecule has 0 saturated carbocycles. The van der Waals surface area contributed by atoms with E-state index in [1.54, 1.807) is 18.7 Å². The van der Waals surface area contributed by atoms with Crippen LogP contribution < -0.4 is 5.73 Å². The number of aromatic amines is 1. The minimum atomic E-state index is -0.172. The smallest absolute Gasteiger partial charge is 0.160 e. The summed E-state index contributed by atoms with van der Waals surface area (Å²) in [5.41, 5.74) is 9.05. The number of nitrogens with one attached hydrogen (secondary N) is 1. The van der Waals surface area contributed by atoms with Crippen LogP contribution in [0.4, 0.5) is 0 Å². The summed E-state index contributed by atoms with van der Waals surface area (Å²) in [6, 6.07) is 3.68. The summed E-state index contributed by atoms with van der Waals surface area (Å²) >= 11 is 0. The van der Waals surface area contributed by atoms with Crippen LogP contribution in [0.2, 0.25) is 0 Å². The third-order valence-corrected chi connectivity index (χ3v) is 3.18. The van der Waals surface area contributed by atoms with Crippen LogP contribution in [0.3, 0.4) is 0 Å². The molecule has 3 aromatic rings. The van der Waals surface area contributed by atoms with Crippen molar-refractivity contribution in [2.24, 2.45) is 5.73 Å². The van der Waals surface area contributed by atoms with Gasteiger partial charge in [0.1, 0.15) is 11.3 Å². The summed E-state index contributed by atoms with van der Waals surface area (Å²) in [4.78, 5) is 16.1. The van der Waals surface area contributed by atoms with Crippen molar-refractivity contribution in [3.63, 3.8) is 0 Å². The zero-order valence-electron chi connectivity index (χ0n) is 10.7. The van der Waals surface area contributed by atoms with Crippen molar-refractivity contribution in [1.82, 2.24) is 24.5 Å². The van der Waals surface area contributed by atoms with Gasteiger partial charge < -0.3 is 15.3 Å². The summed E-state index contributed by atoms with van der Waals surface area (Å²) in [5, 5.41) is 0. The zero-order chi connectivity index (χ0) is 13.2. The quantitative estimate of drug-likeness (QED) is 0.739. The molecule has 3 N–H and O–H groups in total. The fraction of sp³-hybridized carbons (Fsp3) is 0.308. The van der Waals surface area contributed by atoms with Gasteiger partial charge in [-0.1, -0.05) is 0 Å². The highest BCUT2D eigenvalue weighted by atomic mass is 15.1. The summed E-state index contributed by atoms with van der Waals surface area (Å²) in [7, 11) is 0. The van der Waals surface area contributed by atoms with Crippen LogP contribution in [0.5, 0.6) is 0 Å². The normalized spacial score (nSPS) is 12.9. The van der Waals surface area contributed by atoms with E-state index in [0.29, 0.717) is 6.42 Å². The van der Waals surface area contributed by atoms with E-state index in [2.05, 4.69) is 31.4 Å². The van der Waals surface area contributed by atoms with Crippen molar-refractivity contribution >= 4 is 11.2 Å². The zero-order valence-corrected chi connectivity index (χ0v) is 10.7. The van der Waals surface area contributed by atoms with Crippen LogP contribution in [-0.2, 0) is 13.0 Å². The van der Waals surface area contributed by atoms with Gasteiger partial charge >= 0.3 is 0 Å². The Morgan fingerprint density at radius 2 is 2.37 bits per heavy atom. The first kappa shape index (κ1) is 11.9. The van der Waals surface area contributed by atoms with E-state index in [4.69, 9.17) is 5.73 Å². The summed E-state index contributed by atoms with van der Waals surface area (Å²) in [6.07, 6.45) is 5.91. The molecule has 0 saturated heterocycles. The van der Waals surface area contributed by atoms with Crippen molar-refractivity contribution < 1.29 is 0 Å². The maximum absolute atomic E-state index is 6.27. The number of fused-ring (bicyclic) bond motifs is 1. The molecule has 6 nitrogen and oxygen atoms in total. The molecule has 3 heterocycles. The first-order valence-electron chi connectivity index (χ1n) is 6.33. The lowest BCUT2D eigenvalue weighted by Crippen LogP contribution is -2.19. The van der Waals surface area contributed by atoms with Crippen LogP contribution in [0.15, 0.2) is 30.9 Å². The van der Waals surface area contributed by atoms with Crippen molar-refractivity contribution in [2.45, 2.75) is 25.9 Å². The number of hydrogen-bond acceptors (Lipinski definition) is 4. The van der Waals surface area contributed by atoms with Crippen LogP contribution in [0, 0.1) is 0 Å². The van der Waals surface area contributed by atoms with Crippen molar-refractivity contribution in [2.75, 3.05) is 0 Å². The molecule has 0 spiro atoms. The van der Waals surface area contributed by atoms with E-state index in [1.165, 1.54) is 0 Å². The second kappa shape index (κ2) is 4.81. The lowest BCUT2D eigenvalue weighted by atomic mass is 10.1. The third kappa shape index (κ3) is 2.10. The van der Waals surface area contributed by atoms with E-state index in [0.717, 1.165) is 29.2 Å². The number of aryl methyl sites for hydroxylation is 1. The molecule has 0 aliphatic rings. The number of hydrogen-bond donors (Lipinski definition) is 2. The van der Waals surface area contributed by atoms with Gasteiger partial charge in [-0.05, 0) is 19.1 Å². The van der Waals surface area contributed by atoms with Gasteiger partial charge in [-0.3, -0.25) is 0 Å². The molecule has 3 rings (SSSR count). The Kier molecular flexibility index (Phi) is 3.00. The Morgan fingerprint density at radius 1 is 1.47 bits per heavy atom. The Hall–Kier alpha value is -2.21. The Morgan fingerprint density at radius 3 is 3.11 bits per heavy atom. The number of aromatic nitrogens is 5. The lowest BCUT2D eigenvalue weighted by Gasteiger charge is -2.12. The fourth-order valence-electron chi connectivity index (χ4n) is 2.30. The average molecular weight is 256 g/mol. The van der Waals surface area contributed by atoms with Gasteiger partial charge in [0.25, 0.3) is 0 Å². The first-order chi connectivity index (χ1) is 9.29. The van der Waals surface area contributed by atoms with Gasteiger partial charge in [0.05, 0.1) is 12.4 Å². The van der Waals surface area contributed by atoms with E-state index in [-0.39, 0.29) is 6.04 Å². The van der Waals surface area contributed by atoms with E-state index in [1.807, 2.05) is 12.1 Å². The molecule has 3 aromatic heterocycles. The van der Waals surface area contributed by atoms with Crippen molar-refractivity contribution in [1.29, 1.82) is 0 Å². The van der Waals surface area contributed by atoms with E-state index >= 15 is 0 Å². The number of nitrogens with two attached hydrogens (primary N) is 1. The second-order valence-electron chi connectivity index (χ2n) is 4.45. The number of pyridine rings is 1. The third-order valence-electron chi connectivity index (χ3n) is 3.18. The number of nitrogens with zero attached hydrogens (tertiary/aromatic N) is 4. The highest BCUT2D eigenvalue weighted by molar-refractivity contribution is 5.71. The largest absolute Gasteiger partial charge is 0.348 e. The van der Waals surface area contributed by atoms with E-state index < -0.39 is 0 Å². The predicted molar refractivity (Wildman–Crippen MR) is 72.4 cm³/mol. The molecule has 0 fully saturated rings. The molecule has 98 valence electrons. The lowest BCUT2D eigenvalue weighted by molar-refractivity contribution is 0.602. The van der Waals surface area contributed by atoms with Crippen LogP contribution in [-0.4, -0.2) is 24.5 Å². The van der Waals surface area contributed by atoms with Gasteiger partial charge in [-0.25, -0.2) is 15.0 Å². The topological polar surface area (TPSA) is 85.4 Å². The molecule has 6 heteroatoms. The van der Waals surface area contributed by atoms with Gasteiger partial charge in [0.2, 0.25) is 0 Å². The molecule has 0 amide bonds. The molecular formula is C13H16N6. The van der Waals surface area contributed by atoms with Gasteiger partial charge in [-0.15, -0.1) is 0 Å². The molecule has 1 unspecified atom stereocenters. The van der Waals surface area contributed by atoms with E-state index in [9.17, 15) is 0 Å². The first-order valence-corrected chi connectivity index (χ1v) is 6.33. The number of imidazole rings is 2. The molecule has 19 heavy (non-hydrogen) atoms. The number of H-pyrrole nitrogens is 1. The van der Waals surface area contributed by atoms with Gasteiger partial charge in [0.15, 0.2) is 5.65 Å². The highest BCUT2D eigenvalue weighted by Crippen LogP contribution is 2.19. The summed E-state index contributed by atoms with van der Waals surface area (Å²) < 4.78 is 2.07. The number of rotatable bonds is 4. The molecule has 0 aromatic carbocycles. The fourth-order valence-corrected chi connectivity index (χ4v) is 2.30. The predicted octanol–water partition coefficient (Wildman–Crippen LogP) is 1.42. The molecular weight excluding hydrogens is 240 g/mol. The monoisotopic (exact) mass is 256 g/mol. The van der Waals surface area contributed by atoms with Crippen LogP contribution in [0.25, 0.3) is 11.2 Å². The van der Waals surface area contributed by atoms with Gasteiger partial charge in [0, 0.05) is 31.1 Å². The maximum Gasteiger partial charge on any atom is 0.160 e. The molecule has 0 bridgehead atoms. The minimum Gasteiger partial charge on any atom is -0.348 e. The standard InChI is InChI=1S/C13H16N6/c1-2-19-12(10(14)6-9-7-15-8-17-9)18-11-4-3-5-16-13(11)19/h3-5,7-8,10H,2,6,14H2,1H3,(H,15,17). The molecule has 0 aliphatic carbocycles. The summed E-state index contributed by atoms with van der Waals surface area (Å²) in [6.45, 7) is 2.88. The van der Waals surface area contributed by atoms with Crippen LogP contribution in [0.1, 0.15) is 24.5 Å². The van der Waals surface area contributed by atoms with Crippen molar-refractivity contribution in [3.8, 4) is 0 Å². The van der Waals surface area contributed by atoms with Crippen LogP contribution >= 0.6 is 0 Å². The summed E-state index contributed by atoms with van der Waals surface area (Å²) in [5.74, 6) is 0.866. The molecule has 1 atom stereocenters. The molecule has 0 radical (unpaired) electrons.